The van der Waals surface area contributed by atoms with Crippen molar-refractivity contribution in [2.24, 2.45) is 0 Å². The lowest BCUT2D eigenvalue weighted by Crippen LogP contribution is -2.59. The molecule has 1 saturated heterocycles. The van der Waals surface area contributed by atoms with Gasteiger partial charge in [-0.05, 0) is 26.0 Å². The Labute approximate surface area is 122 Å². The van der Waals surface area contributed by atoms with Gasteiger partial charge < -0.3 is 5.32 Å². The summed E-state index contributed by atoms with van der Waals surface area (Å²) in [6.45, 7) is 4.73. The van der Waals surface area contributed by atoms with Crippen molar-refractivity contribution in [1.29, 1.82) is 0 Å². The summed E-state index contributed by atoms with van der Waals surface area (Å²) in [4.78, 5) is 9.55. The lowest BCUT2D eigenvalue weighted by molar-refractivity contribution is -0.387. The summed E-state index contributed by atoms with van der Waals surface area (Å²) in [6.07, 6.45) is 0. The molecule has 1 aromatic carbocycles. The number of benzene rings is 1. The molecule has 1 aromatic rings. The van der Waals surface area contributed by atoms with Gasteiger partial charge in [-0.2, -0.15) is 8.70 Å². The molecule has 0 atom stereocenters. The third-order valence-electron chi connectivity index (χ3n) is 3.43. The largest absolute Gasteiger partial charge is 0.314 e. The third-order valence-corrected chi connectivity index (χ3v) is 5.53. The second-order valence-electron chi connectivity index (χ2n) is 5.44. The van der Waals surface area contributed by atoms with Gasteiger partial charge in [0.15, 0.2) is 0 Å². The zero-order chi connectivity index (χ0) is 15.8. The van der Waals surface area contributed by atoms with E-state index < -0.39 is 32.0 Å². The van der Waals surface area contributed by atoms with Crippen LogP contribution in [0.4, 0.5) is 10.1 Å². The topological polar surface area (TPSA) is 92.6 Å². The molecule has 116 valence electrons. The van der Waals surface area contributed by atoms with Crippen LogP contribution in [0.2, 0.25) is 0 Å². The molecule has 1 aliphatic heterocycles. The van der Waals surface area contributed by atoms with E-state index in [1.165, 1.54) is 4.31 Å². The number of hydrogen-bond donors (Lipinski definition) is 1. The number of nitro benzene ring substituents is 1. The molecule has 0 saturated carbocycles. The van der Waals surface area contributed by atoms with E-state index in [-0.39, 0.29) is 11.4 Å². The van der Waals surface area contributed by atoms with E-state index in [2.05, 4.69) is 5.32 Å². The van der Waals surface area contributed by atoms with E-state index in [0.717, 1.165) is 18.2 Å². The van der Waals surface area contributed by atoms with Crippen LogP contribution >= 0.6 is 0 Å². The van der Waals surface area contributed by atoms with Crippen molar-refractivity contribution in [2.75, 3.05) is 19.6 Å². The number of piperazine rings is 1. The molecule has 21 heavy (non-hydrogen) atoms. The number of sulfonamides is 1. The lowest BCUT2D eigenvalue weighted by atomic mass is 10.0. The van der Waals surface area contributed by atoms with Crippen LogP contribution < -0.4 is 5.32 Å². The quantitative estimate of drug-likeness (QED) is 0.666. The zero-order valence-corrected chi connectivity index (χ0v) is 12.5. The summed E-state index contributed by atoms with van der Waals surface area (Å²) in [5, 5.41) is 13.8. The van der Waals surface area contributed by atoms with Crippen molar-refractivity contribution in [1.82, 2.24) is 9.62 Å². The van der Waals surface area contributed by atoms with E-state index in [1.54, 1.807) is 13.8 Å². The number of rotatable bonds is 3. The summed E-state index contributed by atoms with van der Waals surface area (Å²) >= 11 is 0. The highest BCUT2D eigenvalue weighted by atomic mass is 32.2. The van der Waals surface area contributed by atoms with E-state index >= 15 is 0 Å². The average molecular weight is 317 g/mol. The van der Waals surface area contributed by atoms with Crippen LogP contribution in [0, 0.1) is 15.9 Å². The second kappa shape index (κ2) is 5.32. The minimum Gasteiger partial charge on any atom is -0.314 e. The van der Waals surface area contributed by atoms with Crippen LogP contribution in [0.5, 0.6) is 0 Å². The maximum atomic E-state index is 13.3. The standard InChI is InChI=1S/C12H16FN3O4S/c1-12(2)8-14-5-6-15(12)21(19,20)9-3-4-10(13)11(7-9)16(17)18/h3-4,7,14H,5-6,8H2,1-2H3. The van der Waals surface area contributed by atoms with Crippen LogP contribution in [0.1, 0.15) is 13.8 Å². The predicted molar refractivity (Wildman–Crippen MR) is 73.9 cm³/mol. The van der Waals surface area contributed by atoms with Gasteiger partial charge in [0, 0.05) is 31.2 Å². The molecule has 0 spiro atoms. The molecule has 9 heteroatoms. The summed E-state index contributed by atoms with van der Waals surface area (Å²) < 4.78 is 39.9. The van der Waals surface area contributed by atoms with Crippen LogP contribution in [-0.4, -0.2) is 42.8 Å². The molecule has 0 unspecified atom stereocenters. The smallest absolute Gasteiger partial charge is 0.306 e. The van der Waals surface area contributed by atoms with Crippen molar-refractivity contribution in [3.8, 4) is 0 Å². The molecule has 0 radical (unpaired) electrons. The summed E-state index contributed by atoms with van der Waals surface area (Å²) in [6, 6.07) is 2.62. The molecule has 7 nitrogen and oxygen atoms in total. The van der Waals surface area contributed by atoms with E-state index in [1.807, 2.05) is 0 Å². The Hall–Kier alpha value is -1.58. The van der Waals surface area contributed by atoms with Gasteiger partial charge in [0.2, 0.25) is 15.8 Å². The van der Waals surface area contributed by atoms with Crippen molar-refractivity contribution in [3.63, 3.8) is 0 Å². The first-order valence-corrected chi connectivity index (χ1v) is 7.78. The molecular formula is C12H16FN3O4S. The van der Waals surface area contributed by atoms with Crippen LogP contribution in [-0.2, 0) is 10.0 Å². The first-order chi connectivity index (χ1) is 9.66. The minimum atomic E-state index is -3.92. The monoisotopic (exact) mass is 317 g/mol. The Morgan fingerprint density at radius 2 is 2.10 bits per heavy atom. The number of hydrogen-bond acceptors (Lipinski definition) is 5. The van der Waals surface area contributed by atoms with E-state index in [9.17, 15) is 22.9 Å². The molecule has 1 heterocycles. The fraction of sp³-hybridized carbons (Fsp3) is 0.500. The molecule has 1 aliphatic rings. The van der Waals surface area contributed by atoms with E-state index in [0.29, 0.717) is 13.1 Å². The first-order valence-electron chi connectivity index (χ1n) is 6.34. The molecule has 0 aliphatic carbocycles. The van der Waals surface area contributed by atoms with Gasteiger partial charge in [0.25, 0.3) is 0 Å². The SMILES string of the molecule is CC1(C)CNCCN1S(=O)(=O)c1ccc(F)c([N+](=O)[O-])c1. The Balaban J connectivity index is 2.49. The molecule has 0 amide bonds. The molecular weight excluding hydrogens is 301 g/mol. The number of nitrogens with zero attached hydrogens (tertiary/aromatic N) is 2. The van der Waals surface area contributed by atoms with Crippen molar-refractivity contribution in [2.45, 2.75) is 24.3 Å². The van der Waals surface area contributed by atoms with E-state index in [4.69, 9.17) is 0 Å². The number of halogens is 1. The fourth-order valence-corrected chi connectivity index (χ4v) is 4.13. The molecule has 0 aromatic heterocycles. The third kappa shape index (κ3) is 2.89. The molecule has 1 fully saturated rings. The summed E-state index contributed by atoms with van der Waals surface area (Å²) in [7, 11) is -3.92. The van der Waals surface area contributed by atoms with Gasteiger partial charge in [-0.3, -0.25) is 10.1 Å². The first kappa shape index (κ1) is 15.8. The van der Waals surface area contributed by atoms with Gasteiger partial charge in [-0.15, -0.1) is 0 Å². The van der Waals surface area contributed by atoms with Crippen LogP contribution in [0.25, 0.3) is 0 Å². The lowest BCUT2D eigenvalue weighted by Gasteiger charge is -2.41. The van der Waals surface area contributed by atoms with Gasteiger partial charge in [-0.25, -0.2) is 8.42 Å². The molecule has 0 bridgehead atoms. The average Bonchev–Trinajstić information content (AvgIpc) is 2.37. The Morgan fingerprint density at radius 3 is 2.67 bits per heavy atom. The maximum absolute atomic E-state index is 13.3. The van der Waals surface area contributed by atoms with Crippen molar-refractivity contribution < 1.29 is 17.7 Å². The van der Waals surface area contributed by atoms with Crippen LogP contribution in [0.3, 0.4) is 0 Å². The van der Waals surface area contributed by atoms with Gasteiger partial charge in [-0.1, -0.05) is 0 Å². The van der Waals surface area contributed by atoms with Crippen molar-refractivity contribution >= 4 is 15.7 Å². The summed E-state index contributed by atoms with van der Waals surface area (Å²) in [5.74, 6) is -1.06. The number of nitrogens with one attached hydrogen (secondary N) is 1. The Bertz CT molecular complexity index is 675. The van der Waals surface area contributed by atoms with Crippen molar-refractivity contribution in [3.05, 3.63) is 34.1 Å². The van der Waals surface area contributed by atoms with Crippen LogP contribution in [0.15, 0.2) is 23.1 Å². The Kier molecular flexibility index (Phi) is 4.00. The second-order valence-corrected chi connectivity index (χ2v) is 7.30. The van der Waals surface area contributed by atoms with Gasteiger partial charge in [0.1, 0.15) is 0 Å². The predicted octanol–water partition coefficient (Wildman–Crippen LogP) is 1.11. The molecule has 2 rings (SSSR count). The highest BCUT2D eigenvalue weighted by Gasteiger charge is 2.39. The minimum absolute atomic E-state index is 0.251. The highest BCUT2D eigenvalue weighted by Crippen LogP contribution is 2.28. The molecule has 1 N–H and O–H groups in total. The normalized spacial score (nSPS) is 19.4. The van der Waals surface area contributed by atoms with Gasteiger partial charge >= 0.3 is 5.69 Å². The zero-order valence-electron chi connectivity index (χ0n) is 11.7. The highest BCUT2D eigenvalue weighted by molar-refractivity contribution is 7.89. The maximum Gasteiger partial charge on any atom is 0.306 e. The number of nitro groups is 1. The summed E-state index contributed by atoms with van der Waals surface area (Å²) in [5.41, 5.74) is -1.51. The fourth-order valence-electron chi connectivity index (χ4n) is 2.33. The van der Waals surface area contributed by atoms with Gasteiger partial charge in [0.05, 0.1) is 9.82 Å². The Morgan fingerprint density at radius 1 is 1.43 bits per heavy atom.